The Hall–Kier alpha value is -4.58. The molecule has 1 aliphatic rings. The van der Waals surface area contributed by atoms with Crippen molar-refractivity contribution in [2.75, 3.05) is 116 Å². The van der Waals surface area contributed by atoms with Gasteiger partial charge in [0.05, 0.1) is 26.2 Å². The molecule has 32 nitrogen and oxygen atoms in total. The van der Waals surface area contributed by atoms with E-state index in [0.29, 0.717) is 10.5 Å². The normalized spacial score (nSPS) is 16.4. The largest absolute Gasteiger partial charge is 0.480 e. The van der Waals surface area contributed by atoms with Crippen molar-refractivity contribution in [3.8, 4) is 0 Å². The van der Waals surface area contributed by atoms with E-state index < -0.39 is 161 Å². The molecule has 1 atom stereocenters. The number of amides is 4. The number of rotatable bonds is 27. The molecule has 1 aromatic rings. The van der Waals surface area contributed by atoms with E-state index in [2.05, 4.69) is 5.32 Å². The van der Waals surface area contributed by atoms with Gasteiger partial charge in [0.1, 0.15) is 38.2 Å². The van der Waals surface area contributed by atoms with E-state index in [9.17, 15) is 116 Å². The summed E-state index contributed by atoms with van der Waals surface area (Å²) in [5.41, 5.74) is 0.774. The van der Waals surface area contributed by atoms with Gasteiger partial charge in [-0.3, -0.25) is 76.2 Å². The topological polar surface area (TPSA) is 482 Å². The van der Waals surface area contributed by atoms with Crippen LogP contribution in [0.4, 0.5) is 5.69 Å². The Morgan fingerprint density at radius 3 is 1.26 bits per heavy atom. The SMILES string of the molecule is O=C(O)CN1CCN(CC(=O)O)CCN(CC(=O)O)C(Cc2ccc(NC(=O)CCCC(=O)N(CC(=O)N(CP(=O)(O)O)CP(=O)(O)O)CC(=O)N(CP(=O)(O)O)CP(=O)(O)O)cc2)CN(CC(=O)O)CC1. The maximum atomic E-state index is 13.4. The first-order valence-corrected chi connectivity index (χ1v) is 28.4. The standard InChI is InChI=1S/C36H60N8O24P4/c45-29(2-1-3-30(46)42(16-31(47)43(22-69(57,58)59)23-70(60,61)62)17-32(48)44(24-71(63,64)65)25-72(66,67)68)37-27-6-4-26(5-7-27)14-28-15-40(20-35(53)54)11-10-38(18-33(49)50)8-9-39(19-34(51)52)12-13-41(28)21-36(55)56/h4-7,28H,1-3,8-25H2,(H,37,45)(H,49,50)(H,51,52)(H,53,54)(H,55,56)(H2,57,58,59)(H2,60,61,62)(H2,63,64,65)(H2,66,67,68). The van der Waals surface area contributed by atoms with Crippen molar-refractivity contribution in [1.29, 1.82) is 0 Å². The Bertz CT molecular complexity index is 2160. The van der Waals surface area contributed by atoms with Crippen molar-refractivity contribution in [2.45, 2.75) is 31.7 Å². The quantitative estimate of drug-likeness (QED) is 0.0377. The van der Waals surface area contributed by atoms with Gasteiger partial charge in [0.2, 0.25) is 23.6 Å². The molecule has 0 aromatic heterocycles. The molecule has 1 aliphatic heterocycles. The van der Waals surface area contributed by atoms with Gasteiger partial charge in [-0.25, -0.2) is 0 Å². The molecule has 408 valence electrons. The van der Waals surface area contributed by atoms with E-state index in [1.807, 2.05) is 0 Å². The monoisotopic (exact) mass is 1110 g/mol. The summed E-state index contributed by atoms with van der Waals surface area (Å²) in [6.45, 7) is -4.14. The maximum absolute atomic E-state index is 13.4. The highest BCUT2D eigenvalue weighted by molar-refractivity contribution is 7.53. The highest BCUT2D eigenvalue weighted by Crippen LogP contribution is 2.42. The summed E-state index contributed by atoms with van der Waals surface area (Å²) in [6.07, 6.45) is -7.67. The first-order chi connectivity index (χ1) is 33.1. The van der Waals surface area contributed by atoms with Gasteiger partial charge in [0.25, 0.3) is 0 Å². The number of anilines is 1. The summed E-state index contributed by atoms with van der Waals surface area (Å²) < 4.78 is 46.7. The molecule has 1 aromatic carbocycles. The fraction of sp³-hybridized carbons (Fsp3) is 0.611. The van der Waals surface area contributed by atoms with Crippen LogP contribution in [0.25, 0.3) is 0 Å². The summed E-state index contributed by atoms with van der Waals surface area (Å²) in [5, 5.41) is 41.1. The first kappa shape index (κ1) is 63.5. The lowest BCUT2D eigenvalue weighted by atomic mass is 10.0. The molecule has 0 aliphatic carbocycles. The molecule has 1 fully saturated rings. The zero-order chi connectivity index (χ0) is 54.8. The third-order valence-electron chi connectivity index (χ3n) is 10.2. The zero-order valence-electron chi connectivity index (χ0n) is 38.4. The number of carbonyl (C=O) groups excluding carboxylic acids is 4. The van der Waals surface area contributed by atoms with Gasteiger partial charge in [-0.15, -0.1) is 0 Å². The summed E-state index contributed by atoms with van der Waals surface area (Å²) in [4.78, 5) is 182. The molecule has 0 bridgehead atoms. The van der Waals surface area contributed by atoms with Crippen molar-refractivity contribution >= 4 is 83.6 Å². The minimum absolute atomic E-state index is 0.00707. The van der Waals surface area contributed by atoms with Crippen LogP contribution in [0.1, 0.15) is 24.8 Å². The van der Waals surface area contributed by atoms with Crippen LogP contribution in [0.5, 0.6) is 0 Å². The number of nitrogens with zero attached hydrogens (tertiary/aromatic N) is 7. The number of hydrogen-bond donors (Lipinski definition) is 13. The number of nitrogens with one attached hydrogen (secondary N) is 1. The molecule has 1 unspecified atom stereocenters. The second kappa shape index (κ2) is 28.8. The maximum Gasteiger partial charge on any atom is 0.344 e. The Morgan fingerprint density at radius 1 is 0.500 bits per heavy atom. The van der Waals surface area contributed by atoms with Crippen LogP contribution in [0.15, 0.2) is 24.3 Å². The zero-order valence-corrected chi connectivity index (χ0v) is 42.0. The van der Waals surface area contributed by atoms with E-state index in [4.69, 9.17) is 0 Å². The average molecular weight is 1110 g/mol. The van der Waals surface area contributed by atoms with Crippen LogP contribution in [0, 0.1) is 0 Å². The predicted octanol–water partition coefficient (Wildman–Crippen LogP) is -3.71. The first-order valence-electron chi connectivity index (χ1n) is 21.2. The lowest BCUT2D eigenvalue weighted by molar-refractivity contribution is -0.144. The average Bonchev–Trinajstić information content (AvgIpc) is 3.19. The van der Waals surface area contributed by atoms with E-state index >= 15 is 0 Å². The fourth-order valence-electron chi connectivity index (χ4n) is 7.19. The van der Waals surface area contributed by atoms with Crippen molar-refractivity contribution in [1.82, 2.24) is 34.3 Å². The van der Waals surface area contributed by atoms with Crippen molar-refractivity contribution in [3.63, 3.8) is 0 Å². The van der Waals surface area contributed by atoms with Crippen LogP contribution in [-0.2, 0) is 63.0 Å². The van der Waals surface area contributed by atoms with Gasteiger partial charge in [0, 0.05) is 70.4 Å². The van der Waals surface area contributed by atoms with Gasteiger partial charge >= 0.3 is 54.3 Å². The molecule has 0 spiro atoms. The minimum Gasteiger partial charge on any atom is -0.480 e. The molecular weight excluding hydrogens is 1050 g/mol. The van der Waals surface area contributed by atoms with E-state index in [1.165, 1.54) is 26.8 Å². The Balaban J connectivity index is 2.33. The Morgan fingerprint density at radius 2 is 0.875 bits per heavy atom. The van der Waals surface area contributed by atoms with E-state index in [-0.39, 0.29) is 74.1 Å². The molecular formula is C36H60N8O24P4. The number of benzene rings is 1. The van der Waals surface area contributed by atoms with Gasteiger partial charge in [-0.2, -0.15) is 0 Å². The molecule has 13 N–H and O–H groups in total. The molecule has 36 heteroatoms. The second-order valence-electron chi connectivity index (χ2n) is 16.6. The van der Waals surface area contributed by atoms with Crippen LogP contribution in [-0.4, -0.2) is 258 Å². The van der Waals surface area contributed by atoms with Gasteiger partial charge in [-0.1, -0.05) is 12.1 Å². The van der Waals surface area contributed by atoms with Crippen molar-refractivity contribution in [3.05, 3.63) is 29.8 Å². The summed E-state index contributed by atoms with van der Waals surface area (Å²) in [7, 11) is -20.9. The van der Waals surface area contributed by atoms with Crippen LogP contribution >= 0.6 is 30.4 Å². The van der Waals surface area contributed by atoms with E-state index in [0.717, 1.165) is 0 Å². The third kappa shape index (κ3) is 28.0. The smallest absolute Gasteiger partial charge is 0.344 e. The van der Waals surface area contributed by atoms with Crippen LogP contribution in [0.3, 0.4) is 0 Å². The van der Waals surface area contributed by atoms with E-state index in [1.54, 1.807) is 17.0 Å². The molecule has 0 saturated carbocycles. The van der Waals surface area contributed by atoms with Crippen molar-refractivity contribution in [2.24, 2.45) is 0 Å². The van der Waals surface area contributed by atoms with Gasteiger partial charge in [-0.05, 0) is 30.5 Å². The molecule has 1 saturated heterocycles. The number of carboxylic acids is 4. The number of hydrogen-bond acceptors (Lipinski definition) is 16. The molecule has 72 heavy (non-hydrogen) atoms. The third-order valence-corrected chi connectivity index (χ3v) is 13.0. The number of aliphatic carboxylic acids is 4. The Labute approximate surface area is 410 Å². The molecule has 1 heterocycles. The van der Waals surface area contributed by atoms with Crippen LogP contribution < -0.4 is 5.32 Å². The Kier molecular flexibility index (Phi) is 25.4. The van der Waals surface area contributed by atoms with Crippen LogP contribution in [0.2, 0.25) is 0 Å². The molecule has 4 amide bonds. The summed E-state index contributed by atoms with van der Waals surface area (Å²) >= 11 is 0. The lowest BCUT2D eigenvalue weighted by Gasteiger charge is -2.37. The highest BCUT2D eigenvalue weighted by Gasteiger charge is 2.35. The highest BCUT2D eigenvalue weighted by atomic mass is 31.2. The second-order valence-corrected chi connectivity index (χ2v) is 23.1. The number of carbonyl (C=O) groups is 8. The minimum atomic E-state index is -5.23. The van der Waals surface area contributed by atoms with Gasteiger partial charge in [0.15, 0.2) is 0 Å². The predicted molar refractivity (Wildman–Crippen MR) is 246 cm³/mol. The molecule has 2 rings (SSSR count). The lowest BCUT2D eigenvalue weighted by Crippen LogP contribution is -2.53. The summed E-state index contributed by atoms with van der Waals surface area (Å²) in [5.74, 6) is -9.77. The summed E-state index contributed by atoms with van der Waals surface area (Å²) in [6, 6.07) is 5.35. The number of carboxylic acid groups (broad SMARTS) is 4. The molecule has 0 radical (unpaired) electrons. The van der Waals surface area contributed by atoms with Crippen molar-refractivity contribution < 1.29 is 116 Å². The van der Waals surface area contributed by atoms with Gasteiger partial charge < -0.3 is 79.6 Å². The fourth-order valence-corrected chi connectivity index (χ4v) is 10.3.